The maximum Gasteiger partial charge on any atom is 0.122 e. The van der Waals surface area contributed by atoms with Crippen LogP contribution in [-0.2, 0) is 13.1 Å². The summed E-state index contributed by atoms with van der Waals surface area (Å²) in [6, 6.07) is 2.08. The Labute approximate surface area is 111 Å². The Bertz CT molecular complexity index is 351. The van der Waals surface area contributed by atoms with Gasteiger partial charge in [-0.1, -0.05) is 13.8 Å². The lowest BCUT2D eigenvalue weighted by Gasteiger charge is -2.33. The van der Waals surface area contributed by atoms with Crippen molar-refractivity contribution in [2.45, 2.75) is 39.8 Å². The molecule has 1 aromatic heterocycles. The van der Waals surface area contributed by atoms with Gasteiger partial charge in [-0.3, -0.25) is 4.90 Å². The molecule has 102 valence electrons. The Balaban J connectivity index is 1.85. The predicted molar refractivity (Wildman–Crippen MR) is 74.3 cm³/mol. The minimum absolute atomic E-state index is 0.829. The molecule has 2 heterocycles. The molecular weight excluding hydrogens is 224 g/mol. The lowest BCUT2D eigenvalue weighted by Crippen LogP contribution is -2.34. The normalized spacial score (nSPS) is 18.7. The van der Waals surface area contributed by atoms with Gasteiger partial charge in [-0.05, 0) is 50.9 Å². The summed E-state index contributed by atoms with van der Waals surface area (Å²) in [6.07, 6.45) is 4.47. The fraction of sp³-hybridized carbons (Fsp3) is 0.733. The Hall–Kier alpha value is -0.800. The quantitative estimate of drug-likeness (QED) is 0.871. The molecule has 1 aliphatic heterocycles. The van der Waals surface area contributed by atoms with Gasteiger partial charge < -0.3 is 9.73 Å². The van der Waals surface area contributed by atoms with E-state index < -0.39 is 0 Å². The van der Waals surface area contributed by atoms with Crippen molar-refractivity contribution >= 4 is 0 Å². The highest BCUT2D eigenvalue weighted by molar-refractivity contribution is 5.16. The van der Waals surface area contributed by atoms with Crippen LogP contribution in [0.5, 0.6) is 0 Å². The zero-order valence-electron chi connectivity index (χ0n) is 11.9. The lowest BCUT2D eigenvalue weighted by molar-refractivity contribution is 0.143. The number of furan rings is 1. The molecule has 0 atom stereocenters. The second-order valence-electron chi connectivity index (χ2n) is 5.76. The van der Waals surface area contributed by atoms with Gasteiger partial charge in [-0.2, -0.15) is 0 Å². The van der Waals surface area contributed by atoms with E-state index in [-0.39, 0.29) is 0 Å². The molecule has 0 saturated carbocycles. The molecule has 1 N–H and O–H groups in total. The lowest BCUT2D eigenvalue weighted by atomic mass is 9.87. The first-order chi connectivity index (χ1) is 8.70. The van der Waals surface area contributed by atoms with Crippen LogP contribution in [0.25, 0.3) is 0 Å². The van der Waals surface area contributed by atoms with Crippen LogP contribution in [0.4, 0.5) is 0 Å². The molecule has 0 aromatic carbocycles. The highest BCUT2D eigenvalue weighted by Crippen LogP contribution is 2.25. The molecule has 1 aliphatic rings. The van der Waals surface area contributed by atoms with Crippen LogP contribution in [-0.4, -0.2) is 25.0 Å². The molecule has 0 amide bonds. The van der Waals surface area contributed by atoms with E-state index in [1.807, 2.05) is 13.3 Å². The molecule has 3 heteroatoms. The summed E-state index contributed by atoms with van der Waals surface area (Å²) in [5.74, 6) is 2.87. The Morgan fingerprint density at radius 3 is 2.72 bits per heavy atom. The van der Waals surface area contributed by atoms with E-state index in [2.05, 4.69) is 30.1 Å². The second-order valence-corrected chi connectivity index (χ2v) is 5.76. The first kappa shape index (κ1) is 13.6. The van der Waals surface area contributed by atoms with Gasteiger partial charge in [0.15, 0.2) is 0 Å². The molecule has 0 radical (unpaired) electrons. The van der Waals surface area contributed by atoms with Crippen molar-refractivity contribution in [3.8, 4) is 0 Å². The number of nitrogens with zero attached hydrogens (tertiary/aromatic N) is 1. The van der Waals surface area contributed by atoms with E-state index in [9.17, 15) is 0 Å². The second kappa shape index (κ2) is 6.39. The summed E-state index contributed by atoms with van der Waals surface area (Å²) < 4.78 is 5.61. The van der Waals surface area contributed by atoms with Gasteiger partial charge in [0, 0.05) is 12.1 Å². The average Bonchev–Trinajstić information content (AvgIpc) is 2.78. The van der Waals surface area contributed by atoms with E-state index in [0.29, 0.717) is 0 Å². The van der Waals surface area contributed by atoms with Crippen LogP contribution in [0.3, 0.4) is 0 Å². The maximum absolute atomic E-state index is 5.61. The number of piperidine rings is 1. The molecule has 0 unspecified atom stereocenters. The van der Waals surface area contributed by atoms with E-state index in [1.165, 1.54) is 31.5 Å². The molecule has 0 bridgehead atoms. The predicted octanol–water partition coefficient (Wildman–Crippen LogP) is 2.87. The number of rotatable bonds is 5. The summed E-state index contributed by atoms with van der Waals surface area (Å²) in [5, 5.41) is 3.19. The van der Waals surface area contributed by atoms with Crippen molar-refractivity contribution in [3.05, 3.63) is 23.7 Å². The van der Waals surface area contributed by atoms with Crippen LogP contribution >= 0.6 is 0 Å². The van der Waals surface area contributed by atoms with E-state index >= 15 is 0 Å². The third-order valence-corrected chi connectivity index (χ3v) is 4.15. The van der Waals surface area contributed by atoms with Gasteiger partial charge in [-0.15, -0.1) is 0 Å². The molecule has 1 aromatic rings. The van der Waals surface area contributed by atoms with Crippen molar-refractivity contribution in [1.82, 2.24) is 10.2 Å². The average molecular weight is 250 g/mol. The monoisotopic (exact) mass is 250 g/mol. The van der Waals surface area contributed by atoms with E-state index in [0.717, 1.165) is 30.7 Å². The number of hydrogen-bond donors (Lipinski definition) is 1. The minimum atomic E-state index is 0.829. The van der Waals surface area contributed by atoms with Crippen molar-refractivity contribution in [1.29, 1.82) is 0 Å². The summed E-state index contributed by atoms with van der Waals surface area (Å²) >= 11 is 0. The van der Waals surface area contributed by atoms with Crippen LogP contribution < -0.4 is 5.32 Å². The first-order valence-corrected chi connectivity index (χ1v) is 7.13. The van der Waals surface area contributed by atoms with Crippen molar-refractivity contribution < 1.29 is 4.42 Å². The van der Waals surface area contributed by atoms with Crippen LogP contribution in [0.15, 0.2) is 16.7 Å². The summed E-state index contributed by atoms with van der Waals surface area (Å²) in [5.41, 5.74) is 1.29. The molecular formula is C15H26N2O. The SMILES string of the molecule is CNCc1ccoc1CN1CCC(C(C)C)CC1. The van der Waals surface area contributed by atoms with Gasteiger partial charge in [0.05, 0.1) is 12.8 Å². The van der Waals surface area contributed by atoms with Crippen molar-refractivity contribution in [2.75, 3.05) is 20.1 Å². The van der Waals surface area contributed by atoms with Crippen LogP contribution in [0.1, 0.15) is 38.0 Å². The molecule has 1 saturated heterocycles. The summed E-state index contributed by atoms with van der Waals surface area (Å²) in [4.78, 5) is 2.52. The standard InChI is InChI=1S/C15H26N2O/c1-12(2)13-4-7-17(8-5-13)11-15-14(10-16-3)6-9-18-15/h6,9,12-13,16H,4-5,7-8,10-11H2,1-3H3. The van der Waals surface area contributed by atoms with Crippen LogP contribution in [0.2, 0.25) is 0 Å². The Kier molecular flexibility index (Phi) is 4.84. The number of nitrogens with one attached hydrogen (secondary N) is 1. The van der Waals surface area contributed by atoms with E-state index in [1.54, 1.807) is 0 Å². The minimum Gasteiger partial charge on any atom is -0.468 e. The third-order valence-electron chi connectivity index (χ3n) is 4.15. The van der Waals surface area contributed by atoms with Crippen LogP contribution in [0, 0.1) is 11.8 Å². The Morgan fingerprint density at radius 1 is 1.39 bits per heavy atom. The largest absolute Gasteiger partial charge is 0.468 e. The molecule has 0 aliphatic carbocycles. The van der Waals surface area contributed by atoms with Gasteiger partial charge in [0.1, 0.15) is 5.76 Å². The fourth-order valence-electron chi connectivity index (χ4n) is 2.83. The van der Waals surface area contributed by atoms with Gasteiger partial charge in [0.25, 0.3) is 0 Å². The van der Waals surface area contributed by atoms with Crippen molar-refractivity contribution in [2.24, 2.45) is 11.8 Å². The Morgan fingerprint density at radius 2 is 2.11 bits per heavy atom. The summed E-state index contributed by atoms with van der Waals surface area (Å²) in [7, 11) is 1.98. The highest BCUT2D eigenvalue weighted by atomic mass is 16.3. The third kappa shape index (κ3) is 3.36. The molecule has 3 nitrogen and oxygen atoms in total. The molecule has 1 fully saturated rings. The van der Waals surface area contributed by atoms with Gasteiger partial charge in [-0.25, -0.2) is 0 Å². The topological polar surface area (TPSA) is 28.4 Å². The highest BCUT2D eigenvalue weighted by Gasteiger charge is 2.22. The van der Waals surface area contributed by atoms with Crippen molar-refractivity contribution in [3.63, 3.8) is 0 Å². The summed E-state index contributed by atoms with van der Waals surface area (Å²) in [6.45, 7) is 8.98. The first-order valence-electron chi connectivity index (χ1n) is 7.13. The van der Waals surface area contributed by atoms with Gasteiger partial charge >= 0.3 is 0 Å². The van der Waals surface area contributed by atoms with Gasteiger partial charge in [0.2, 0.25) is 0 Å². The fourth-order valence-corrected chi connectivity index (χ4v) is 2.83. The molecule has 18 heavy (non-hydrogen) atoms. The molecule has 0 spiro atoms. The number of likely N-dealkylation sites (tertiary alicyclic amines) is 1. The smallest absolute Gasteiger partial charge is 0.122 e. The molecule has 2 rings (SSSR count). The number of hydrogen-bond acceptors (Lipinski definition) is 3. The zero-order valence-corrected chi connectivity index (χ0v) is 11.9. The zero-order chi connectivity index (χ0) is 13.0. The maximum atomic E-state index is 5.61. The van der Waals surface area contributed by atoms with E-state index in [4.69, 9.17) is 4.42 Å².